The smallest absolute Gasteiger partial charge is 0.317 e. The van der Waals surface area contributed by atoms with Gasteiger partial charge in [0, 0.05) is 26.2 Å². The summed E-state index contributed by atoms with van der Waals surface area (Å²) in [5.74, 6) is 0. The molecule has 118 valence electrons. The minimum absolute atomic E-state index is 0.0104. The van der Waals surface area contributed by atoms with E-state index in [-0.39, 0.29) is 24.2 Å². The predicted octanol–water partition coefficient (Wildman–Crippen LogP) is 2.00. The lowest BCUT2D eigenvalue weighted by Crippen LogP contribution is -2.49. The minimum Gasteiger partial charge on any atom is -0.396 e. The van der Waals surface area contributed by atoms with Crippen molar-refractivity contribution in [1.82, 2.24) is 10.2 Å². The molecule has 0 aromatic rings. The number of carbonyl (C=O) groups excluding carboxylic acids is 1. The highest BCUT2D eigenvalue weighted by Gasteiger charge is 2.23. The van der Waals surface area contributed by atoms with Gasteiger partial charge in [0.1, 0.15) is 0 Å². The van der Waals surface area contributed by atoms with E-state index in [2.05, 4.69) is 12.2 Å². The summed E-state index contributed by atoms with van der Waals surface area (Å²) < 4.78 is 5.63. The van der Waals surface area contributed by atoms with Crippen molar-refractivity contribution >= 4 is 6.03 Å². The van der Waals surface area contributed by atoms with Crippen molar-refractivity contribution in [3.63, 3.8) is 0 Å². The van der Waals surface area contributed by atoms with Gasteiger partial charge in [-0.2, -0.15) is 0 Å². The Hall–Kier alpha value is -0.810. The largest absolute Gasteiger partial charge is 0.396 e. The average molecular weight is 286 g/mol. The highest BCUT2D eigenvalue weighted by molar-refractivity contribution is 5.74. The number of carbonyl (C=O) groups is 1. The van der Waals surface area contributed by atoms with E-state index >= 15 is 0 Å². The third-order valence-electron chi connectivity index (χ3n) is 3.77. The van der Waals surface area contributed by atoms with Crippen LogP contribution in [-0.4, -0.2) is 55.0 Å². The lowest BCUT2D eigenvalue weighted by atomic mass is 9.89. The molecule has 2 N–H and O–H groups in total. The van der Waals surface area contributed by atoms with Gasteiger partial charge in [-0.05, 0) is 24.7 Å². The van der Waals surface area contributed by atoms with Crippen LogP contribution in [0.15, 0.2) is 0 Å². The number of aliphatic hydroxyl groups is 1. The van der Waals surface area contributed by atoms with Crippen LogP contribution in [0.2, 0.25) is 0 Å². The molecule has 5 nitrogen and oxygen atoms in total. The molecule has 1 fully saturated rings. The summed E-state index contributed by atoms with van der Waals surface area (Å²) in [4.78, 5) is 13.9. The van der Waals surface area contributed by atoms with Crippen LogP contribution >= 0.6 is 0 Å². The van der Waals surface area contributed by atoms with Gasteiger partial charge in [-0.3, -0.25) is 0 Å². The first-order chi connectivity index (χ1) is 9.48. The second-order valence-electron chi connectivity index (χ2n) is 6.39. The standard InChI is InChI=1S/C15H30N2O3/c1-4-6-13-11-17(9-10-20-13)14(19)16-8-5-7-15(2,3)12-18/h13,18H,4-12H2,1-3H3,(H,16,19). The number of hydrogen-bond acceptors (Lipinski definition) is 3. The number of urea groups is 1. The van der Waals surface area contributed by atoms with E-state index in [1.165, 1.54) is 0 Å². The Morgan fingerprint density at radius 1 is 1.50 bits per heavy atom. The first kappa shape index (κ1) is 17.2. The van der Waals surface area contributed by atoms with Gasteiger partial charge in [0.25, 0.3) is 0 Å². The van der Waals surface area contributed by atoms with Crippen molar-refractivity contribution in [2.75, 3.05) is 32.8 Å². The van der Waals surface area contributed by atoms with Gasteiger partial charge in [-0.1, -0.05) is 27.2 Å². The molecule has 1 saturated heterocycles. The summed E-state index contributed by atoms with van der Waals surface area (Å²) in [6.07, 6.45) is 4.07. The molecular formula is C15H30N2O3. The molecule has 1 rings (SSSR count). The van der Waals surface area contributed by atoms with Gasteiger partial charge in [-0.25, -0.2) is 4.79 Å². The molecule has 0 aliphatic carbocycles. The van der Waals surface area contributed by atoms with Crippen molar-refractivity contribution < 1.29 is 14.6 Å². The molecule has 1 atom stereocenters. The first-order valence-electron chi connectivity index (χ1n) is 7.74. The quantitative estimate of drug-likeness (QED) is 0.704. The first-order valence-corrected chi connectivity index (χ1v) is 7.74. The van der Waals surface area contributed by atoms with E-state index in [4.69, 9.17) is 4.74 Å². The molecule has 0 aromatic carbocycles. The van der Waals surface area contributed by atoms with E-state index in [0.29, 0.717) is 26.2 Å². The van der Waals surface area contributed by atoms with Gasteiger partial charge < -0.3 is 20.1 Å². The Morgan fingerprint density at radius 3 is 2.90 bits per heavy atom. The number of hydrogen-bond donors (Lipinski definition) is 2. The number of amides is 2. The number of nitrogens with zero attached hydrogens (tertiary/aromatic N) is 1. The molecule has 0 aromatic heterocycles. The fourth-order valence-corrected chi connectivity index (χ4v) is 2.35. The molecule has 5 heteroatoms. The van der Waals surface area contributed by atoms with Crippen LogP contribution < -0.4 is 5.32 Å². The van der Waals surface area contributed by atoms with E-state index < -0.39 is 0 Å². The monoisotopic (exact) mass is 286 g/mol. The zero-order chi connectivity index (χ0) is 15.0. The van der Waals surface area contributed by atoms with Crippen molar-refractivity contribution in [3.8, 4) is 0 Å². The highest BCUT2D eigenvalue weighted by atomic mass is 16.5. The van der Waals surface area contributed by atoms with Gasteiger partial charge in [0.15, 0.2) is 0 Å². The highest BCUT2D eigenvalue weighted by Crippen LogP contribution is 2.20. The van der Waals surface area contributed by atoms with E-state index in [1.807, 2.05) is 18.7 Å². The predicted molar refractivity (Wildman–Crippen MR) is 79.7 cm³/mol. The topological polar surface area (TPSA) is 61.8 Å². The van der Waals surface area contributed by atoms with Crippen LogP contribution in [0.4, 0.5) is 4.79 Å². The molecule has 2 amide bonds. The molecule has 20 heavy (non-hydrogen) atoms. The zero-order valence-electron chi connectivity index (χ0n) is 13.2. The number of ether oxygens (including phenoxy) is 1. The molecule has 0 radical (unpaired) electrons. The molecule has 1 aliphatic heterocycles. The summed E-state index contributed by atoms with van der Waals surface area (Å²) in [6.45, 7) is 9.05. The molecule has 0 saturated carbocycles. The van der Waals surface area contributed by atoms with Crippen LogP contribution in [0.25, 0.3) is 0 Å². The number of morpholine rings is 1. The molecular weight excluding hydrogens is 256 g/mol. The zero-order valence-corrected chi connectivity index (χ0v) is 13.2. The van der Waals surface area contributed by atoms with Crippen LogP contribution in [-0.2, 0) is 4.74 Å². The normalized spacial score (nSPS) is 20.0. The molecule has 1 heterocycles. The number of aliphatic hydroxyl groups excluding tert-OH is 1. The summed E-state index contributed by atoms with van der Waals surface area (Å²) in [6, 6.07) is 0.0104. The van der Waals surface area contributed by atoms with Crippen molar-refractivity contribution in [2.45, 2.75) is 52.6 Å². The minimum atomic E-state index is -0.0596. The van der Waals surface area contributed by atoms with Gasteiger partial charge in [0.2, 0.25) is 0 Å². The van der Waals surface area contributed by atoms with E-state index in [0.717, 1.165) is 25.7 Å². The van der Waals surface area contributed by atoms with Crippen LogP contribution in [0.5, 0.6) is 0 Å². The fourth-order valence-electron chi connectivity index (χ4n) is 2.35. The number of rotatable bonds is 7. The Bertz CT molecular complexity index is 293. The van der Waals surface area contributed by atoms with Crippen LogP contribution in [0.3, 0.4) is 0 Å². The summed E-state index contributed by atoms with van der Waals surface area (Å²) in [5, 5.41) is 12.1. The average Bonchev–Trinajstić information content (AvgIpc) is 2.44. The third-order valence-corrected chi connectivity index (χ3v) is 3.77. The SMILES string of the molecule is CCCC1CN(C(=O)NCCCC(C)(C)CO)CCO1. The molecule has 0 spiro atoms. The van der Waals surface area contributed by atoms with Crippen molar-refractivity contribution in [1.29, 1.82) is 0 Å². The van der Waals surface area contributed by atoms with Gasteiger partial charge in [-0.15, -0.1) is 0 Å². The maximum atomic E-state index is 12.1. The second kappa shape index (κ2) is 8.47. The molecule has 0 bridgehead atoms. The van der Waals surface area contributed by atoms with E-state index in [9.17, 15) is 9.90 Å². The van der Waals surface area contributed by atoms with E-state index in [1.54, 1.807) is 0 Å². The van der Waals surface area contributed by atoms with Crippen LogP contribution in [0.1, 0.15) is 46.5 Å². The summed E-state index contributed by atoms with van der Waals surface area (Å²) in [5.41, 5.74) is -0.0596. The van der Waals surface area contributed by atoms with Crippen molar-refractivity contribution in [3.05, 3.63) is 0 Å². The maximum Gasteiger partial charge on any atom is 0.317 e. The Balaban J connectivity index is 2.22. The molecule has 1 unspecified atom stereocenters. The lowest BCUT2D eigenvalue weighted by molar-refractivity contribution is -0.0181. The van der Waals surface area contributed by atoms with Gasteiger partial charge >= 0.3 is 6.03 Å². The Morgan fingerprint density at radius 2 is 2.25 bits per heavy atom. The third kappa shape index (κ3) is 6.09. The molecule has 1 aliphatic rings. The van der Waals surface area contributed by atoms with Crippen molar-refractivity contribution in [2.24, 2.45) is 5.41 Å². The Labute approximate surface area is 122 Å². The maximum absolute atomic E-state index is 12.1. The number of nitrogens with one attached hydrogen (secondary N) is 1. The summed E-state index contributed by atoms with van der Waals surface area (Å²) in [7, 11) is 0. The van der Waals surface area contributed by atoms with Gasteiger partial charge in [0.05, 0.1) is 12.7 Å². The Kier molecular flexibility index (Phi) is 7.30. The lowest BCUT2D eigenvalue weighted by Gasteiger charge is -2.33. The fraction of sp³-hybridized carbons (Fsp3) is 0.933. The van der Waals surface area contributed by atoms with Crippen LogP contribution in [0, 0.1) is 5.41 Å². The second-order valence-corrected chi connectivity index (χ2v) is 6.39. The summed E-state index contributed by atoms with van der Waals surface area (Å²) >= 11 is 0.